The van der Waals surface area contributed by atoms with Crippen LogP contribution in [0, 0.1) is 0 Å². The fourth-order valence-electron chi connectivity index (χ4n) is 4.89. The van der Waals surface area contributed by atoms with E-state index in [2.05, 4.69) is 9.88 Å². The molecule has 0 N–H and O–H groups in total. The molecule has 0 saturated carbocycles. The Morgan fingerprint density at radius 1 is 1.12 bits per heavy atom. The number of aryl methyl sites for hydroxylation is 1. The first-order chi connectivity index (χ1) is 16.2. The van der Waals surface area contributed by atoms with Gasteiger partial charge in [0, 0.05) is 44.6 Å². The number of ether oxygens (including phenoxy) is 1. The predicted molar refractivity (Wildman–Crippen MR) is 126 cm³/mol. The maximum absolute atomic E-state index is 13.6. The number of anilines is 1. The Bertz CT molecular complexity index is 1140. The molecule has 1 amide bonds. The van der Waals surface area contributed by atoms with Gasteiger partial charge < -0.3 is 14.5 Å². The molecule has 0 bridgehead atoms. The standard InChI is InChI=1S/C25H30N6O2/c1-3-33-22-11-5-4-9-18(22)24(32)31-16-8-10-21(31)23-19(17-29(2)28-23)20-12-13-26-25(27-20)30-14-6-7-15-30/h4-5,9,11-13,17,21H,3,6-8,10,14-16H2,1-2H3/t21-/m0/s1. The molecule has 5 rings (SSSR count). The minimum absolute atomic E-state index is 0.0152. The Balaban J connectivity index is 1.48. The van der Waals surface area contributed by atoms with Crippen LogP contribution in [0.15, 0.2) is 42.7 Å². The highest BCUT2D eigenvalue weighted by Crippen LogP contribution is 2.38. The van der Waals surface area contributed by atoms with Gasteiger partial charge in [0.2, 0.25) is 5.95 Å². The quantitative estimate of drug-likeness (QED) is 0.572. The van der Waals surface area contributed by atoms with Crippen LogP contribution >= 0.6 is 0 Å². The van der Waals surface area contributed by atoms with Gasteiger partial charge in [-0.2, -0.15) is 5.10 Å². The van der Waals surface area contributed by atoms with Gasteiger partial charge in [0.15, 0.2) is 0 Å². The van der Waals surface area contributed by atoms with Crippen molar-refractivity contribution in [2.75, 3.05) is 31.1 Å². The third kappa shape index (κ3) is 4.17. The van der Waals surface area contributed by atoms with Gasteiger partial charge in [-0.25, -0.2) is 9.97 Å². The van der Waals surface area contributed by atoms with Crippen molar-refractivity contribution in [1.29, 1.82) is 0 Å². The number of carbonyl (C=O) groups excluding carboxylic acids is 1. The number of benzene rings is 1. The second-order valence-electron chi connectivity index (χ2n) is 8.62. The monoisotopic (exact) mass is 446 g/mol. The lowest BCUT2D eigenvalue weighted by Gasteiger charge is -2.25. The van der Waals surface area contributed by atoms with Crippen LogP contribution in [0.3, 0.4) is 0 Å². The lowest BCUT2D eigenvalue weighted by Crippen LogP contribution is -2.31. The van der Waals surface area contributed by atoms with Crippen molar-refractivity contribution < 1.29 is 9.53 Å². The number of nitrogens with zero attached hydrogens (tertiary/aromatic N) is 6. The van der Waals surface area contributed by atoms with E-state index in [1.807, 2.05) is 66.3 Å². The van der Waals surface area contributed by atoms with E-state index < -0.39 is 0 Å². The zero-order valence-electron chi connectivity index (χ0n) is 19.3. The van der Waals surface area contributed by atoms with E-state index in [1.165, 1.54) is 12.8 Å². The summed E-state index contributed by atoms with van der Waals surface area (Å²) in [7, 11) is 1.92. The highest BCUT2D eigenvalue weighted by atomic mass is 16.5. The molecule has 4 heterocycles. The topological polar surface area (TPSA) is 76.4 Å². The molecule has 3 aromatic rings. The number of para-hydroxylation sites is 1. The minimum Gasteiger partial charge on any atom is -0.493 e. The van der Waals surface area contributed by atoms with Crippen molar-refractivity contribution >= 4 is 11.9 Å². The summed E-state index contributed by atoms with van der Waals surface area (Å²) < 4.78 is 7.55. The smallest absolute Gasteiger partial charge is 0.258 e. The number of rotatable bonds is 6. The molecule has 0 unspecified atom stereocenters. The SMILES string of the molecule is CCOc1ccccc1C(=O)N1CCC[C@H]1c1nn(C)cc1-c1ccnc(N2CCCC2)n1. The van der Waals surface area contributed by atoms with E-state index in [0.717, 1.165) is 48.8 Å². The number of hydrogen-bond donors (Lipinski definition) is 0. The van der Waals surface area contributed by atoms with Crippen LogP contribution < -0.4 is 9.64 Å². The first-order valence-electron chi connectivity index (χ1n) is 11.8. The second kappa shape index (κ2) is 9.21. The van der Waals surface area contributed by atoms with Crippen molar-refractivity contribution in [2.24, 2.45) is 7.05 Å². The number of aromatic nitrogens is 4. The first kappa shape index (κ1) is 21.4. The maximum Gasteiger partial charge on any atom is 0.258 e. The Labute approximate surface area is 194 Å². The molecule has 1 atom stereocenters. The first-order valence-corrected chi connectivity index (χ1v) is 11.8. The zero-order valence-corrected chi connectivity index (χ0v) is 19.3. The molecule has 8 heteroatoms. The summed E-state index contributed by atoms with van der Waals surface area (Å²) in [6, 6.07) is 9.31. The van der Waals surface area contributed by atoms with Crippen molar-refractivity contribution in [3.63, 3.8) is 0 Å². The summed E-state index contributed by atoms with van der Waals surface area (Å²) in [4.78, 5) is 27.1. The van der Waals surface area contributed by atoms with Gasteiger partial charge >= 0.3 is 0 Å². The van der Waals surface area contributed by atoms with Crippen LogP contribution in [-0.4, -0.2) is 56.8 Å². The van der Waals surface area contributed by atoms with Crippen molar-refractivity contribution in [1.82, 2.24) is 24.6 Å². The third-order valence-electron chi connectivity index (χ3n) is 6.41. The molecule has 2 aliphatic heterocycles. The molecule has 0 aliphatic carbocycles. The van der Waals surface area contributed by atoms with Crippen molar-refractivity contribution in [3.8, 4) is 17.0 Å². The average molecular weight is 447 g/mol. The summed E-state index contributed by atoms with van der Waals surface area (Å²) in [6.07, 6.45) is 7.98. The van der Waals surface area contributed by atoms with E-state index in [4.69, 9.17) is 14.8 Å². The third-order valence-corrected chi connectivity index (χ3v) is 6.41. The predicted octanol–water partition coefficient (Wildman–Crippen LogP) is 3.85. The Morgan fingerprint density at radius 2 is 1.94 bits per heavy atom. The Morgan fingerprint density at radius 3 is 2.76 bits per heavy atom. The summed E-state index contributed by atoms with van der Waals surface area (Å²) >= 11 is 0. The average Bonchev–Trinajstić information content (AvgIpc) is 3.60. The van der Waals surface area contributed by atoms with Gasteiger partial charge in [0.25, 0.3) is 5.91 Å². The van der Waals surface area contributed by atoms with Gasteiger partial charge in [-0.05, 0) is 50.8 Å². The van der Waals surface area contributed by atoms with Crippen molar-refractivity contribution in [3.05, 3.63) is 54.0 Å². The van der Waals surface area contributed by atoms with E-state index in [0.29, 0.717) is 24.5 Å². The second-order valence-corrected chi connectivity index (χ2v) is 8.62. The normalized spacial score (nSPS) is 18.2. The van der Waals surface area contributed by atoms with Crippen LogP contribution in [-0.2, 0) is 7.05 Å². The van der Waals surface area contributed by atoms with E-state index in [1.54, 1.807) is 0 Å². The molecule has 172 valence electrons. The van der Waals surface area contributed by atoms with Gasteiger partial charge in [-0.3, -0.25) is 9.48 Å². The van der Waals surface area contributed by atoms with Crippen LogP contribution in [0.4, 0.5) is 5.95 Å². The molecule has 1 aromatic carbocycles. The van der Waals surface area contributed by atoms with E-state index >= 15 is 0 Å². The molecule has 2 aliphatic rings. The summed E-state index contributed by atoms with van der Waals surface area (Å²) in [5.41, 5.74) is 3.30. The van der Waals surface area contributed by atoms with Gasteiger partial charge in [0.05, 0.1) is 29.6 Å². The molecule has 2 aromatic heterocycles. The molecule has 2 fully saturated rings. The molecular weight excluding hydrogens is 416 g/mol. The van der Waals surface area contributed by atoms with Crippen molar-refractivity contribution in [2.45, 2.75) is 38.6 Å². The summed E-state index contributed by atoms with van der Waals surface area (Å²) in [6.45, 7) is 5.13. The number of amides is 1. The number of carbonyl (C=O) groups is 1. The molecule has 33 heavy (non-hydrogen) atoms. The van der Waals surface area contributed by atoms with Gasteiger partial charge in [-0.1, -0.05) is 12.1 Å². The number of likely N-dealkylation sites (tertiary alicyclic amines) is 1. The molecule has 8 nitrogen and oxygen atoms in total. The molecule has 2 saturated heterocycles. The lowest BCUT2D eigenvalue weighted by molar-refractivity contribution is 0.0728. The zero-order chi connectivity index (χ0) is 22.8. The Kier molecular flexibility index (Phi) is 5.98. The number of hydrogen-bond acceptors (Lipinski definition) is 6. The summed E-state index contributed by atoms with van der Waals surface area (Å²) in [5, 5.41) is 4.80. The van der Waals surface area contributed by atoms with Crippen LogP contribution in [0.25, 0.3) is 11.3 Å². The van der Waals surface area contributed by atoms with Crippen LogP contribution in [0.1, 0.15) is 54.7 Å². The van der Waals surface area contributed by atoms with Crippen LogP contribution in [0.2, 0.25) is 0 Å². The maximum atomic E-state index is 13.6. The van der Waals surface area contributed by atoms with Gasteiger partial charge in [0.1, 0.15) is 5.75 Å². The minimum atomic E-state index is -0.103. The fourth-order valence-corrected chi connectivity index (χ4v) is 4.89. The van der Waals surface area contributed by atoms with Crippen LogP contribution in [0.5, 0.6) is 5.75 Å². The largest absolute Gasteiger partial charge is 0.493 e. The molecular formula is C25H30N6O2. The summed E-state index contributed by atoms with van der Waals surface area (Å²) in [5.74, 6) is 1.38. The van der Waals surface area contributed by atoms with Gasteiger partial charge in [-0.15, -0.1) is 0 Å². The Hall–Kier alpha value is -3.42. The highest BCUT2D eigenvalue weighted by Gasteiger charge is 2.35. The fraction of sp³-hybridized carbons (Fsp3) is 0.440. The van der Waals surface area contributed by atoms with E-state index in [-0.39, 0.29) is 11.9 Å². The molecule has 0 radical (unpaired) electrons. The highest BCUT2D eigenvalue weighted by molar-refractivity contribution is 5.97. The van der Waals surface area contributed by atoms with E-state index in [9.17, 15) is 4.79 Å². The lowest BCUT2D eigenvalue weighted by atomic mass is 10.0. The molecule has 0 spiro atoms.